The number of hydrogen-bond acceptors (Lipinski definition) is 5. The predicted octanol–water partition coefficient (Wildman–Crippen LogP) is 1.67. The first kappa shape index (κ1) is 22.4. The van der Waals surface area contributed by atoms with Crippen molar-refractivity contribution in [3.8, 4) is 0 Å². The van der Waals surface area contributed by atoms with Gasteiger partial charge in [-0.1, -0.05) is 30.3 Å². The maximum Gasteiger partial charge on any atom is 0.250 e. The van der Waals surface area contributed by atoms with Crippen LogP contribution in [-0.4, -0.2) is 52.3 Å². The summed E-state index contributed by atoms with van der Waals surface area (Å²) in [6.07, 6.45) is 0. The Balaban J connectivity index is 1.87. The summed E-state index contributed by atoms with van der Waals surface area (Å²) in [5.41, 5.74) is 1.03. The quantitative estimate of drug-likeness (QED) is 0.264. The van der Waals surface area contributed by atoms with E-state index in [0.29, 0.717) is 29.8 Å². The topological polar surface area (TPSA) is 103 Å². The maximum absolute atomic E-state index is 12.2. The van der Waals surface area contributed by atoms with Crippen molar-refractivity contribution in [1.29, 1.82) is 0 Å². The zero-order chi connectivity index (χ0) is 20.4. The molecule has 1 heterocycles. The van der Waals surface area contributed by atoms with E-state index in [-0.39, 0.29) is 19.1 Å². The van der Waals surface area contributed by atoms with E-state index in [9.17, 15) is 13.5 Å². The van der Waals surface area contributed by atoms with E-state index in [4.69, 9.17) is 0 Å². The molecule has 0 aliphatic carbocycles. The molecule has 1 aromatic heterocycles. The Hall–Kier alpha value is -1.94. The van der Waals surface area contributed by atoms with Gasteiger partial charge in [0.2, 0.25) is 10.0 Å². The molecule has 0 radical (unpaired) electrons. The van der Waals surface area contributed by atoms with Crippen molar-refractivity contribution in [2.75, 3.05) is 32.8 Å². The fraction of sp³-hybridized carbons (Fsp3) is 0.421. The standard InChI is InChI=1S/C19H28N4O3S2/c1-3-20-19(22-13-17(14-24)16-7-5-4-6-8-16)21-11-12-23-28(25,26)18-10-9-15(2)27-18/h4-10,17,23-24H,3,11-14H2,1-2H3,(H2,20,21,22). The number of aliphatic hydroxyl groups excluding tert-OH is 1. The van der Waals surface area contributed by atoms with Gasteiger partial charge < -0.3 is 15.7 Å². The van der Waals surface area contributed by atoms with Crippen LogP contribution in [0.1, 0.15) is 23.3 Å². The number of aliphatic imine (C=N–C) groups is 1. The van der Waals surface area contributed by atoms with Gasteiger partial charge in [0, 0.05) is 30.4 Å². The molecule has 1 atom stereocenters. The first-order valence-electron chi connectivity index (χ1n) is 9.20. The SMILES string of the molecule is CCNC(=NCC(CO)c1ccccc1)NCCNS(=O)(=O)c1ccc(C)s1. The second-order valence-corrected chi connectivity index (χ2v) is 9.48. The number of hydrogen-bond donors (Lipinski definition) is 4. The number of sulfonamides is 1. The summed E-state index contributed by atoms with van der Waals surface area (Å²) in [5, 5.41) is 15.9. The van der Waals surface area contributed by atoms with Crippen molar-refractivity contribution in [1.82, 2.24) is 15.4 Å². The molecule has 1 aromatic carbocycles. The molecule has 0 saturated heterocycles. The number of aliphatic hydroxyl groups is 1. The lowest BCUT2D eigenvalue weighted by Crippen LogP contribution is -2.41. The number of rotatable bonds is 10. The largest absolute Gasteiger partial charge is 0.396 e. The van der Waals surface area contributed by atoms with Gasteiger partial charge in [-0.3, -0.25) is 4.99 Å². The van der Waals surface area contributed by atoms with E-state index < -0.39 is 10.0 Å². The van der Waals surface area contributed by atoms with Gasteiger partial charge in [0.1, 0.15) is 4.21 Å². The molecule has 0 saturated carbocycles. The number of thiophene rings is 1. The lowest BCUT2D eigenvalue weighted by molar-refractivity contribution is 0.268. The van der Waals surface area contributed by atoms with E-state index in [1.165, 1.54) is 11.3 Å². The van der Waals surface area contributed by atoms with Crippen LogP contribution in [0, 0.1) is 6.92 Å². The van der Waals surface area contributed by atoms with Crippen LogP contribution in [0.3, 0.4) is 0 Å². The summed E-state index contributed by atoms with van der Waals surface area (Å²) >= 11 is 1.25. The molecule has 9 heteroatoms. The van der Waals surface area contributed by atoms with Crippen molar-refractivity contribution in [3.63, 3.8) is 0 Å². The second kappa shape index (κ2) is 11.2. The third-order valence-corrected chi connectivity index (χ3v) is 6.95. The van der Waals surface area contributed by atoms with E-state index in [2.05, 4.69) is 20.3 Å². The lowest BCUT2D eigenvalue weighted by atomic mass is 10.0. The highest BCUT2D eigenvalue weighted by atomic mass is 32.2. The summed E-state index contributed by atoms with van der Waals surface area (Å²) in [7, 11) is -3.48. The highest BCUT2D eigenvalue weighted by Gasteiger charge is 2.15. The highest BCUT2D eigenvalue weighted by molar-refractivity contribution is 7.91. The Labute approximate surface area is 171 Å². The van der Waals surface area contributed by atoms with Crippen LogP contribution in [0.25, 0.3) is 0 Å². The summed E-state index contributed by atoms with van der Waals surface area (Å²) in [5.74, 6) is 0.500. The highest BCUT2D eigenvalue weighted by Crippen LogP contribution is 2.20. The van der Waals surface area contributed by atoms with Gasteiger partial charge in [-0.05, 0) is 31.5 Å². The molecule has 0 fully saturated rings. The summed E-state index contributed by atoms with van der Waals surface area (Å²) in [6.45, 7) is 5.58. The molecule has 0 aliphatic heterocycles. The van der Waals surface area contributed by atoms with Crippen LogP contribution in [0.5, 0.6) is 0 Å². The van der Waals surface area contributed by atoms with Crippen molar-refractivity contribution < 1.29 is 13.5 Å². The van der Waals surface area contributed by atoms with Gasteiger partial charge >= 0.3 is 0 Å². The van der Waals surface area contributed by atoms with Crippen LogP contribution < -0.4 is 15.4 Å². The van der Waals surface area contributed by atoms with Gasteiger partial charge in [-0.15, -0.1) is 11.3 Å². The Morgan fingerprint density at radius 1 is 1.14 bits per heavy atom. The number of nitrogens with one attached hydrogen (secondary N) is 3. The fourth-order valence-corrected chi connectivity index (χ4v) is 4.89. The van der Waals surface area contributed by atoms with Crippen molar-refractivity contribution in [3.05, 3.63) is 52.9 Å². The molecule has 1 unspecified atom stereocenters. The molecule has 2 rings (SSSR count). The smallest absolute Gasteiger partial charge is 0.250 e. The summed E-state index contributed by atoms with van der Waals surface area (Å²) in [6, 6.07) is 13.2. The number of guanidine groups is 1. The molecule has 2 aromatic rings. The van der Waals surface area contributed by atoms with Gasteiger partial charge in [0.25, 0.3) is 0 Å². The predicted molar refractivity (Wildman–Crippen MR) is 114 cm³/mol. The Bertz CT molecular complexity index is 851. The number of nitrogens with zero attached hydrogens (tertiary/aromatic N) is 1. The molecule has 154 valence electrons. The molecule has 4 N–H and O–H groups in total. The monoisotopic (exact) mass is 424 g/mol. The Kier molecular flexibility index (Phi) is 8.91. The lowest BCUT2D eigenvalue weighted by Gasteiger charge is -2.15. The minimum atomic E-state index is -3.48. The van der Waals surface area contributed by atoms with Crippen LogP contribution in [0.2, 0.25) is 0 Å². The van der Waals surface area contributed by atoms with Gasteiger partial charge in [0.15, 0.2) is 5.96 Å². The summed E-state index contributed by atoms with van der Waals surface area (Å²) < 4.78 is 27.4. The minimum absolute atomic E-state index is 0.00689. The van der Waals surface area contributed by atoms with Crippen LogP contribution in [-0.2, 0) is 10.0 Å². The maximum atomic E-state index is 12.2. The molecule has 7 nitrogen and oxygen atoms in total. The van der Waals surface area contributed by atoms with E-state index >= 15 is 0 Å². The van der Waals surface area contributed by atoms with Crippen LogP contribution in [0.15, 0.2) is 51.7 Å². The van der Waals surface area contributed by atoms with Crippen LogP contribution >= 0.6 is 11.3 Å². The van der Waals surface area contributed by atoms with Gasteiger partial charge in [-0.25, -0.2) is 13.1 Å². The molecule has 0 amide bonds. The van der Waals surface area contributed by atoms with Crippen LogP contribution in [0.4, 0.5) is 0 Å². The third kappa shape index (κ3) is 6.90. The Morgan fingerprint density at radius 2 is 1.89 bits per heavy atom. The second-order valence-electron chi connectivity index (χ2n) is 6.20. The molecule has 28 heavy (non-hydrogen) atoms. The number of aryl methyl sites for hydroxylation is 1. The number of benzene rings is 1. The zero-order valence-electron chi connectivity index (χ0n) is 16.2. The molecular formula is C19H28N4O3S2. The molecular weight excluding hydrogens is 396 g/mol. The van der Waals surface area contributed by atoms with Crippen molar-refractivity contribution in [2.24, 2.45) is 4.99 Å². The van der Waals surface area contributed by atoms with E-state index in [1.54, 1.807) is 12.1 Å². The van der Waals surface area contributed by atoms with E-state index in [1.807, 2.05) is 44.2 Å². The van der Waals surface area contributed by atoms with Crippen molar-refractivity contribution >= 4 is 27.3 Å². The molecule has 0 bridgehead atoms. The van der Waals surface area contributed by atoms with Gasteiger partial charge in [0.05, 0.1) is 13.2 Å². The average molecular weight is 425 g/mol. The fourth-order valence-electron chi connectivity index (χ4n) is 2.53. The van der Waals surface area contributed by atoms with E-state index in [0.717, 1.165) is 10.4 Å². The van der Waals surface area contributed by atoms with Gasteiger partial charge in [-0.2, -0.15) is 0 Å². The first-order chi connectivity index (χ1) is 13.5. The molecule has 0 aliphatic rings. The minimum Gasteiger partial charge on any atom is -0.396 e. The third-order valence-electron chi connectivity index (χ3n) is 4.00. The Morgan fingerprint density at radius 3 is 2.50 bits per heavy atom. The zero-order valence-corrected chi connectivity index (χ0v) is 17.8. The van der Waals surface area contributed by atoms with Crippen molar-refractivity contribution in [2.45, 2.75) is 24.0 Å². The molecule has 0 spiro atoms. The normalized spacial score (nSPS) is 13.3. The first-order valence-corrected chi connectivity index (χ1v) is 11.5. The average Bonchev–Trinajstić information content (AvgIpc) is 3.14. The summed E-state index contributed by atoms with van der Waals surface area (Å²) in [4.78, 5) is 5.47.